The molecular weight excluding hydrogens is 254 g/mol. The molecule has 2 aromatic rings. The van der Waals surface area contributed by atoms with E-state index in [1.54, 1.807) is 10.7 Å². The molecule has 0 fully saturated rings. The van der Waals surface area contributed by atoms with Gasteiger partial charge in [0.2, 0.25) is 0 Å². The fourth-order valence-electron chi connectivity index (χ4n) is 2.39. The highest BCUT2D eigenvalue weighted by Gasteiger charge is 2.17. The Bertz CT molecular complexity index is 636. The minimum atomic E-state index is -0.430. The number of rotatable bonds is 3. The van der Waals surface area contributed by atoms with Crippen LogP contribution in [0, 0.1) is 13.8 Å². The summed E-state index contributed by atoms with van der Waals surface area (Å²) in [4.78, 5) is 16.2. The summed E-state index contributed by atoms with van der Waals surface area (Å²) in [5.41, 5.74) is 5.35. The van der Waals surface area contributed by atoms with Crippen LogP contribution in [-0.2, 0) is 18.2 Å². The van der Waals surface area contributed by atoms with Crippen molar-refractivity contribution in [2.45, 2.75) is 27.2 Å². The van der Waals surface area contributed by atoms with Crippen molar-refractivity contribution in [3.63, 3.8) is 0 Å². The SMILES string of the molecule is CCc1cc(C)c(-c2cc(C(=O)OC)nn2C)c(C)n1. The molecule has 0 amide bonds. The van der Waals surface area contributed by atoms with Crippen LogP contribution < -0.4 is 0 Å². The van der Waals surface area contributed by atoms with Crippen molar-refractivity contribution in [2.24, 2.45) is 7.05 Å². The molecule has 2 rings (SSSR count). The van der Waals surface area contributed by atoms with Crippen LogP contribution in [-0.4, -0.2) is 27.8 Å². The van der Waals surface area contributed by atoms with Gasteiger partial charge in [0.1, 0.15) is 0 Å². The smallest absolute Gasteiger partial charge is 0.358 e. The number of methoxy groups -OCH3 is 1. The zero-order valence-electron chi connectivity index (χ0n) is 12.5. The van der Waals surface area contributed by atoms with E-state index < -0.39 is 5.97 Å². The Balaban J connectivity index is 2.57. The van der Waals surface area contributed by atoms with Gasteiger partial charge in [0, 0.05) is 24.0 Å². The monoisotopic (exact) mass is 273 g/mol. The number of esters is 1. The highest BCUT2D eigenvalue weighted by atomic mass is 16.5. The molecule has 0 N–H and O–H groups in total. The summed E-state index contributed by atoms with van der Waals surface area (Å²) in [7, 11) is 3.17. The molecule has 0 saturated carbocycles. The first-order valence-electron chi connectivity index (χ1n) is 6.57. The van der Waals surface area contributed by atoms with E-state index in [1.165, 1.54) is 7.11 Å². The van der Waals surface area contributed by atoms with Gasteiger partial charge >= 0.3 is 5.97 Å². The van der Waals surface area contributed by atoms with E-state index in [2.05, 4.69) is 23.1 Å². The maximum absolute atomic E-state index is 11.6. The fourth-order valence-corrected chi connectivity index (χ4v) is 2.39. The Morgan fingerprint density at radius 1 is 1.35 bits per heavy atom. The molecule has 0 spiro atoms. The summed E-state index contributed by atoms with van der Waals surface area (Å²) in [6, 6.07) is 3.82. The number of nitrogens with zero attached hydrogens (tertiary/aromatic N) is 3. The molecule has 0 aromatic carbocycles. The van der Waals surface area contributed by atoms with E-state index in [4.69, 9.17) is 4.74 Å². The second-order valence-corrected chi connectivity index (χ2v) is 4.77. The highest BCUT2D eigenvalue weighted by molar-refractivity contribution is 5.89. The summed E-state index contributed by atoms with van der Waals surface area (Å²) >= 11 is 0. The molecule has 106 valence electrons. The normalized spacial score (nSPS) is 10.7. The number of carbonyl (C=O) groups excluding carboxylic acids is 1. The van der Waals surface area contributed by atoms with E-state index in [0.29, 0.717) is 5.69 Å². The standard InChI is InChI=1S/C15H19N3O2/c1-6-11-7-9(2)14(10(3)16-11)13-8-12(15(19)20-5)17-18(13)4/h7-8H,6H2,1-5H3. The van der Waals surface area contributed by atoms with Crippen molar-refractivity contribution >= 4 is 5.97 Å². The quantitative estimate of drug-likeness (QED) is 0.806. The lowest BCUT2D eigenvalue weighted by molar-refractivity contribution is 0.0593. The molecular formula is C15H19N3O2. The number of hydrogen-bond acceptors (Lipinski definition) is 4. The predicted octanol–water partition coefficient (Wildman–Crippen LogP) is 2.45. The molecule has 5 heteroatoms. The first kappa shape index (κ1) is 14.2. The van der Waals surface area contributed by atoms with Crippen LogP contribution >= 0.6 is 0 Å². The van der Waals surface area contributed by atoms with Crippen molar-refractivity contribution in [3.8, 4) is 11.3 Å². The average molecular weight is 273 g/mol. The topological polar surface area (TPSA) is 57.0 Å². The maximum Gasteiger partial charge on any atom is 0.358 e. The van der Waals surface area contributed by atoms with Gasteiger partial charge in [-0.3, -0.25) is 9.67 Å². The highest BCUT2D eigenvalue weighted by Crippen LogP contribution is 2.27. The summed E-state index contributed by atoms with van der Waals surface area (Å²) < 4.78 is 6.40. The van der Waals surface area contributed by atoms with Gasteiger partial charge in [-0.05, 0) is 38.0 Å². The van der Waals surface area contributed by atoms with Crippen LogP contribution in [0.3, 0.4) is 0 Å². The third-order valence-electron chi connectivity index (χ3n) is 3.34. The molecule has 20 heavy (non-hydrogen) atoms. The Labute approximate surface area is 118 Å². The lowest BCUT2D eigenvalue weighted by Gasteiger charge is -2.11. The molecule has 0 aliphatic rings. The summed E-state index contributed by atoms with van der Waals surface area (Å²) in [5, 5.41) is 4.20. The second-order valence-electron chi connectivity index (χ2n) is 4.77. The van der Waals surface area contributed by atoms with Gasteiger partial charge in [0.15, 0.2) is 5.69 Å². The van der Waals surface area contributed by atoms with Crippen molar-refractivity contribution in [1.82, 2.24) is 14.8 Å². The number of aromatic nitrogens is 3. The lowest BCUT2D eigenvalue weighted by atomic mass is 10.0. The van der Waals surface area contributed by atoms with Gasteiger partial charge < -0.3 is 4.74 Å². The average Bonchev–Trinajstić information content (AvgIpc) is 2.79. The summed E-state index contributed by atoms with van der Waals surface area (Å²) in [5.74, 6) is -0.430. The van der Waals surface area contributed by atoms with Gasteiger partial charge in [0.05, 0.1) is 12.8 Å². The molecule has 2 heterocycles. The zero-order chi connectivity index (χ0) is 14.9. The zero-order valence-corrected chi connectivity index (χ0v) is 12.5. The number of hydrogen-bond donors (Lipinski definition) is 0. The van der Waals surface area contributed by atoms with Crippen molar-refractivity contribution in [3.05, 3.63) is 34.8 Å². The van der Waals surface area contributed by atoms with Gasteiger partial charge in [0.25, 0.3) is 0 Å². The molecule has 0 aliphatic carbocycles. The summed E-state index contributed by atoms with van der Waals surface area (Å²) in [6.45, 7) is 6.11. The first-order chi connectivity index (χ1) is 9.47. The number of carbonyl (C=O) groups is 1. The van der Waals surface area contributed by atoms with Crippen molar-refractivity contribution in [1.29, 1.82) is 0 Å². The van der Waals surface area contributed by atoms with Gasteiger partial charge in [-0.25, -0.2) is 4.79 Å². The fraction of sp³-hybridized carbons (Fsp3) is 0.400. The Morgan fingerprint density at radius 2 is 2.05 bits per heavy atom. The lowest BCUT2D eigenvalue weighted by Crippen LogP contribution is -2.03. The van der Waals surface area contributed by atoms with Gasteiger partial charge in [-0.1, -0.05) is 6.92 Å². The third kappa shape index (κ3) is 2.43. The van der Waals surface area contributed by atoms with E-state index >= 15 is 0 Å². The van der Waals surface area contributed by atoms with Crippen LogP contribution in [0.5, 0.6) is 0 Å². The van der Waals surface area contributed by atoms with Crippen LogP contribution in [0.2, 0.25) is 0 Å². The van der Waals surface area contributed by atoms with E-state index in [-0.39, 0.29) is 0 Å². The number of ether oxygens (including phenoxy) is 1. The van der Waals surface area contributed by atoms with E-state index in [1.807, 2.05) is 20.9 Å². The van der Waals surface area contributed by atoms with E-state index in [0.717, 1.165) is 34.6 Å². The molecule has 0 aliphatic heterocycles. The molecule has 0 unspecified atom stereocenters. The molecule has 2 aromatic heterocycles. The Hall–Kier alpha value is -2.17. The number of aryl methyl sites for hydroxylation is 4. The van der Waals surface area contributed by atoms with Crippen molar-refractivity contribution in [2.75, 3.05) is 7.11 Å². The second kappa shape index (κ2) is 5.45. The third-order valence-corrected chi connectivity index (χ3v) is 3.34. The van der Waals surface area contributed by atoms with Crippen LogP contribution in [0.25, 0.3) is 11.3 Å². The van der Waals surface area contributed by atoms with Gasteiger partial charge in [-0.2, -0.15) is 5.10 Å². The van der Waals surface area contributed by atoms with Crippen LogP contribution in [0.15, 0.2) is 12.1 Å². The summed E-state index contributed by atoms with van der Waals surface area (Å²) in [6.07, 6.45) is 0.904. The minimum Gasteiger partial charge on any atom is -0.464 e. The first-order valence-corrected chi connectivity index (χ1v) is 6.57. The maximum atomic E-state index is 11.6. The van der Waals surface area contributed by atoms with Crippen LogP contribution in [0.4, 0.5) is 0 Å². The van der Waals surface area contributed by atoms with Crippen LogP contribution in [0.1, 0.15) is 34.4 Å². The minimum absolute atomic E-state index is 0.309. The number of pyridine rings is 1. The molecule has 0 atom stereocenters. The largest absolute Gasteiger partial charge is 0.464 e. The Morgan fingerprint density at radius 3 is 2.60 bits per heavy atom. The molecule has 0 saturated heterocycles. The van der Waals surface area contributed by atoms with E-state index in [9.17, 15) is 4.79 Å². The predicted molar refractivity (Wildman–Crippen MR) is 76.6 cm³/mol. The van der Waals surface area contributed by atoms with Crippen molar-refractivity contribution < 1.29 is 9.53 Å². The molecule has 5 nitrogen and oxygen atoms in total. The Kier molecular flexibility index (Phi) is 3.88. The van der Waals surface area contributed by atoms with Gasteiger partial charge in [-0.15, -0.1) is 0 Å². The molecule has 0 bridgehead atoms. The molecule has 0 radical (unpaired) electrons.